The molecule has 8 nitrogen and oxygen atoms in total. The molecule has 1 spiro atoms. The number of ether oxygens (including phenoxy) is 1. The lowest BCUT2D eigenvalue weighted by Crippen LogP contribution is -2.35. The molecule has 144 valence electrons. The van der Waals surface area contributed by atoms with E-state index < -0.39 is 0 Å². The Bertz CT molecular complexity index is 993. The summed E-state index contributed by atoms with van der Waals surface area (Å²) in [4.78, 5) is 30.8. The summed E-state index contributed by atoms with van der Waals surface area (Å²) in [6, 6.07) is 3.85. The van der Waals surface area contributed by atoms with Crippen LogP contribution in [0.2, 0.25) is 0 Å². The molecule has 0 aromatic carbocycles. The fraction of sp³-hybridized carbons (Fsp3) is 0.400. The van der Waals surface area contributed by atoms with E-state index in [2.05, 4.69) is 25.3 Å². The Hall–Kier alpha value is -3.00. The zero-order chi connectivity index (χ0) is 19.0. The Balaban J connectivity index is 1.28. The van der Waals surface area contributed by atoms with Gasteiger partial charge in [-0.3, -0.25) is 4.79 Å². The van der Waals surface area contributed by atoms with Crippen LogP contribution in [0.4, 0.5) is 11.6 Å². The van der Waals surface area contributed by atoms with Crippen LogP contribution in [-0.4, -0.2) is 57.0 Å². The van der Waals surface area contributed by atoms with Crippen molar-refractivity contribution >= 4 is 28.6 Å². The Morgan fingerprint density at radius 3 is 2.82 bits per heavy atom. The molecule has 2 aliphatic rings. The quantitative estimate of drug-likeness (QED) is 0.728. The Morgan fingerprint density at radius 2 is 2.00 bits per heavy atom. The average Bonchev–Trinajstić information content (AvgIpc) is 3.34. The number of aromatic amines is 1. The second kappa shape index (κ2) is 6.87. The number of amides is 1. The number of carbonyl (C=O) groups is 1. The number of aromatic nitrogens is 4. The molecule has 5 rings (SSSR count). The standard InChI is InChI=1S/C20H22N6O2/c27-18(26-7-3-20(13-26)4-8-28-9-5-20)14-10-23-19(24-11-14)25-16-12-22-17-15(16)2-1-6-21-17/h1-2,6,10-12H,3-5,7-9,13H2,(H,21,22)(H,23,24,25). The van der Waals surface area contributed by atoms with Crippen molar-refractivity contribution in [3.05, 3.63) is 42.5 Å². The van der Waals surface area contributed by atoms with E-state index in [1.54, 1.807) is 18.6 Å². The van der Waals surface area contributed by atoms with Crippen LogP contribution in [-0.2, 0) is 4.74 Å². The third kappa shape index (κ3) is 3.09. The molecule has 0 saturated carbocycles. The van der Waals surface area contributed by atoms with Crippen molar-refractivity contribution in [1.29, 1.82) is 0 Å². The number of fused-ring (bicyclic) bond motifs is 1. The van der Waals surface area contributed by atoms with E-state index in [9.17, 15) is 4.79 Å². The summed E-state index contributed by atoms with van der Waals surface area (Å²) in [6.07, 6.45) is 9.89. The van der Waals surface area contributed by atoms with Gasteiger partial charge in [0.25, 0.3) is 5.91 Å². The van der Waals surface area contributed by atoms with E-state index in [1.165, 1.54) is 0 Å². The van der Waals surface area contributed by atoms with Crippen LogP contribution in [0.15, 0.2) is 36.9 Å². The zero-order valence-electron chi connectivity index (χ0n) is 15.5. The molecular weight excluding hydrogens is 356 g/mol. The van der Waals surface area contributed by atoms with E-state index in [-0.39, 0.29) is 11.3 Å². The zero-order valence-corrected chi connectivity index (χ0v) is 15.5. The molecule has 1 amide bonds. The van der Waals surface area contributed by atoms with Gasteiger partial charge in [-0.25, -0.2) is 15.0 Å². The Kier molecular flexibility index (Phi) is 4.20. The molecule has 2 aliphatic heterocycles. The van der Waals surface area contributed by atoms with Crippen molar-refractivity contribution in [1.82, 2.24) is 24.8 Å². The highest BCUT2D eigenvalue weighted by atomic mass is 16.5. The minimum atomic E-state index is 0.00575. The maximum atomic E-state index is 12.9. The Labute approximate surface area is 162 Å². The number of anilines is 2. The minimum Gasteiger partial charge on any atom is -0.381 e. The molecule has 2 N–H and O–H groups in total. The van der Waals surface area contributed by atoms with Gasteiger partial charge in [0.15, 0.2) is 0 Å². The molecule has 0 unspecified atom stereocenters. The predicted molar refractivity (Wildman–Crippen MR) is 104 cm³/mol. The number of H-pyrrole nitrogens is 1. The van der Waals surface area contributed by atoms with Crippen molar-refractivity contribution in [3.8, 4) is 0 Å². The molecule has 5 heterocycles. The maximum Gasteiger partial charge on any atom is 0.257 e. The van der Waals surface area contributed by atoms with Crippen molar-refractivity contribution in [3.63, 3.8) is 0 Å². The Morgan fingerprint density at radius 1 is 1.18 bits per heavy atom. The van der Waals surface area contributed by atoms with Gasteiger partial charge in [0.05, 0.1) is 11.3 Å². The number of nitrogens with zero attached hydrogens (tertiary/aromatic N) is 4. The normalized spacial score (nSPS) is 18.6. The fourth-order valence-electron chi connectivity index (χ4n) is 4.19. The second-order valence-corrected chi connectivity index (χ2v) is 7.61. The fourth-order valence-corrected chi connectivity index (χ4v) is 4.19. The second-order valence-electron chi connectivity index (χ2n) is 7.61. The average molecular weight is 378 g/mol. The number of carbonyl (C=O) groups excluding carboxylic acids is 1. The summed E-state index contributed by atoms with van der Waals surface area (Å²) in [7, 11) is 0. The van der Waals surface area contributed by atoms with Crippen molar-refractivity contribution in [2.45, 2.75) is 19.3 Å². The number of pyridine rings is 1. The van der Waals surface area contributed by atoms with Crippen LogP contribution in [0.1, 0.15) is 29.6 Å². The van der Waals surface area contributed by atoms with Gasteiger partial charge in [-0.1, -0.05) is 0 Å². The van der Waals surface area contributed by atoms with E-state index in [0.717, 1.165) is 62.3 Å². The third-order valence-corrected chi connectivity index (χ3v) is 5.88. The van der Waals surface area contributed by atoms with Gasteiger partial charge in [-0.2, -0.15) is 0 Å². The predicted octanol–water partition coefficient (Wildman–Crippen LogP) is 2.74. The lowest BCUT2D eigenvalue weighted by Gasteiger charge is -2.33. The first-order valence-corrected chi connectivity index (χ1v) is 9.61. The van der Waals surface area contributed by atoms with Crippen molar-refractivity contribution in [2.75, 3.05) is 31.6 Å². The minimum absolute atomic E-state index is 0.00575. The van der Waals surface area contributed by atoms with Gasteiger partial charge in [0.2, 0.25) is 5.95 Å². The smallest absolute Gasteiger partial charge is 0.257 e. The molecule has 0 bridgehead atoms. The number of nitrogens with one attached hydrogen (secondary N) is 2. The number of rotatable bonds is 3. The van der Waals surface area contributed by atoms with Gasteiger partial charge in [-0.15, -0.1) is 0 Å². The molecule has 3 aromatic rings. The number of hydrogen-bond donors (Lipinski definition) is 2. The van der Waals surface area contributed by atoms with Gasteiger partial charge in [0, 0.05) is 56.5 Å². The first kappa shape index (κ1) is 17.1. The van der Waals surface area contributed by atoms with Gasteiger partial charge in [-0.05, 0) is 36.8 Å². The number of hydrogen-bond acceptors (Lipinski definition) is 6. The van der Waals surface area contributed by atoms with E-state index >= 15 is 0 Å². The molecular formula is C20H22N6O2. The SMILES string of the molecule is O=C(c1cnc(Nc2c[nH]c3ncccc23)nc1)N1CCC2(CCOCC2)C1. The van der Waals surface area contributed by atoms with Crippen LogP contribution >= 0.6 is 0 Å². The first-order valence-electron chi connectivity index (χ1n) is 9.61. The number of likely N-dealkylation sites (tertiary alicyclic amines) is 1. The van der Waals surface area contributed by atoms with Crippen LogP contribution < -0.4 is 5.32 Å². The summed E-state index contributed by atoms with van der Waals surface area (Å²) in [5.74, 6) is 0.454. The van der Waals surface area contributed by atoms with Gasteiger partial charge in [0.1, 0.15) is 5.65 Å². The maximum absolute atomic E-state index is 12.9. The summed E-state index contributed by atoms with van der Waals surface area (Å²) in [5, 5.41) is 4.14. The highest BCUT2D eigenvalue weighted by molar-refractivity contribution is 5.94. The van der Waals surface area contributed by atoms with Gasteiger partial charge < -0.3 is 19.9 Å². The molecule has 28 heavy (non-hydrogen) atoms. The molecule has 0 aliphatic carbocycles. The molecule has 0 atom stereocenters. The molecule has 0 radical (unpaired) electrons. The largest absolute Gasteiger partial charge is 0.381 e. The van der Waals surface area contributed by atoms with E-state index in [0.29, 0.717) is 11.5 Å². The first-order chi connectivity index (χ1) is 13.7. The van der Waals surface area contributed by atoms with Crippen LogP contribution in [0.5, 0.6) is 0 Å². The summed E-state index contributed by atoms with van der Waals surface area (Å²) in [5.41, 5.74) is 2.41. The van der Waals surface area contributed by atoms with Crippen molar-refractivity contribution < 1.29 is 9.53 Å². The molecule has 2 saturated heterocycles. The highest BCUT2D eigenvalue weighted by Crippen LogP contribution is 2.40. The van der Waals surface area contributed by atoms with Crippen LogP contribution in [0, 0.1) is 5.41 Å². The topological polar surface area (TPSA) is 96.0 Å². The molecule has 8 heteroatoms. The molecule has 3 aromatic heterocycles. The lowest BCUT2D eigenvalue weighted by molar-refractivity contribution is 0.0191. The van der Waals surface area contributed by atoms with E-state index in [1.807, 2.05) is 23.2 Å². The third-order valence-electron chi connectivity index (χ3n) is 5.88. The van der Waals surface area contributed by atoms with Crippen molar-refractivity contribution in [2.24, 2.45) is 5.41 Å². The summed E-state index contributed by atoms with van der Waals surface area (Å²) < 4.78 is 5.48. The van der Waals surface area contributed by atoms with Crippen LogP contribution in [0.3, 0.4) is 0 Å². The molecule has 2 fully saturated rings. The summed E-state index contributed by atoms with van der Waals surface area (Å²) in [6.45, 7) is 3.20. The van der Waals surface area contributed by atoms with E-state index in [4.69, 9.17) is 4.74 Å². The van der Waals surface area contributed by atoms with Gasteiger partial charge >= 0.3 is 0 Å². The monoisotopic (exact) mass is 378 g/mol. The van der Waals surface area contributed by atoms with Crippen LogP contribution in [0.25, 0.3) is 11.0 Å². The highest BCUT2D eigenvalue weighted by Gasteiger charge is 2.41. The summed E-state index contributed by atoms with van der Waals surface area (Å²) >= 11 is 0. The lowest BCUT2D eigenvalue weighted by atomic mass is 9.80.